The molecule has 9 heteroatoms. The van der Waals surface area contributed by atoms with Crippen LogP contribution < -0.4 is 4.90 Å². The van der Waals surface area contributed by atoms with E-state index in [1.54, 1.807) is 4.90 Å². The van der Waals surface area contributed by atoms with E-state index in [0.29, 0.717) is 11.6 Å². The fourth-order valence-corrected chi connectivity index (χ4v) is 5.26. The second-order valence-electron chi connectivity index (χ2n) is 6.45. The van der Waals surface area contributed by atoms with Crippen LogP contribution in [0.3, 0.4) is 0 Å². The number of hydrogen-bond donors (Lipinski definition) is 0. The van der Waals surface area contributed by atoms with Crippen molar-refractivity contribution in [1.29, 1.82) is 0 Å². The Morgan fingerprint density at radius 3 is 2.86 bits per heavy atom. The average Bonchev–Trinajstić information content (AvgIpc) is 3.32. The molecule has 150 valence electrons. The highest BCUT2D eigenvalue weighted by atomic mass is 35.5. The number of anilines is 1. The third-order valence-electron chi connectivity index (χ3n) is 4.59. The first-order chi connectivity index (χ1) is 13.1. The van der Waals surface area contributed by atoms with Crippen LogP contribution in [-0.2, 0) is 4.74 Å². The number of rotatable bonds is 5. The molecule has 28 heavy (non-hydrogen) atoms. The molecule has 1 fully saturated rings. The zero-order valence-corrected chi connectivity index (χ0v) is 18.6. The molecular formula is C19H21Cl2N3O2S2. The fourth-order valence-electron chi connectivity index (χ4n) is 3.14. The molecule has 0 spiro atoms. The van der Waals surface area contributed by atoms with E-state index in [4.69, 9.17) is 21.3 Å². The zero-order valence-electron chi connectivity index (χ0n) is 15.4. The number of carbonyl (C=O) groups is 1. The van der Waals surface area contributed by atoms with E-state index in [2.05, 4.69) is 4.90 Å². The second-order valence-corrected chi connectivity index (χ2v) is 8.85. The van der Waals surface area contributed by atoms with Gasteiger partial charge in [-0.3, -0.25) is 14.6 Å². The molecule has 1 aromatic carbocycles. The third kappa shape index (κ3) is 4.67. The largest absolute Gasteiger partial charge is 0.379 e. The molecule has 1 aliphatic rings. The summed E-state index contributed by atoms with van der Waals surface area (Å²) >= 11 is 9.18. The number of benzene rings is 1. The monoisotopic (exact) mass is 457 g/mol. The first kappa shape index (κ1) is 21.5. The quantitative estimate of drug-likeness (QED) is 0.555. The molecule has 0 saturated carbocycles. The molecule has 4 rings (SSSR count). The Balaban J connectivity index is 0.00000225. The molecule has 0 aliphatic carbocycles. The van der Waals surface area contributed by atoms with Crippen LogP contribution in [0.15, 0.2) is 29.6 Å². The van der Waals surface area contributed by atoms with Gasteiger partial charge in [-0.25, -0.2) is 4.98 Å². The van der Waals surface area contributed by atoms with Crippen molar-refractivity contribution in [3.63, 3.8) is 0 Å². The maximum absolute atomic E-state index is 13.1. The molecule has 0 N–H and O–H groups in total. The summed E-state index contributed by atoms with van der Waals surface area (Å²) < 4.78 is 6.42. The number of thiazole rings is 1. The maximum atomic E-state index is 13.1. The number of aryl methyl sites for hydroxylation is 1. The molecule has 2 aromatic heterocycles. The van der Waals surface area contributed by atoms with Crippen molar-refractivity contribution in [2.24, 2.45) is 0 Å². The number of aromatic nitrogens is 1. The molecule has 3 heterocycles. The summed E-state index contributed by atoms with van der Waals surface area (Å²) in [5.74, 6) is 0.000987. The van der Waals surface area contributed by atoms with E-state index in [1.807, 2.05) is 36.6 Å². The molecule has 0 radical (unpaired) electrons. The predicted octanol–water partition coefficient (Wildman–Crippen LogP) is 4.72. The van der Waals surface area contributed by atoms with Crippen LogP contribution in [0.5, 0.6) is 0 Å². The van der Waals surface area contributed by atoms with Crippen molar-refractivity contribution >= 4 is 67.9 Å². The molecule has 0 bridgehead atoms. The van der Waals surface area contributed by atoms with Gasteiger partial charge in [0.2, 0.25) is 0 Å². The number of nitrogens with zero attached hydrogens (tertiary/aromatic N) is 3. The van der Waals surface area contributed by atoms with Crippen LogP contribution in [0.1, 0.15) is 15.2 Å². The Morgan fingerprint density at radius 2 is 2.14 bits per heavy atom. The van der Waals surface area contributed by atoms with Crippen molar-refractivity contribution < 1.29 is 9.53 Å². The number of thiophene rings is 1. The first-order valence-electron chi connectivity index (χ1n) is 8.84. The molecule has 3 aromatic rings. The van der Waals surface area contributed by atoms with Crippen LogP contribution >= 0.6 is 46.7 Å². The lowest BCUT2D eigenvalue weighted by molar-refractivity contribution is 0.0391. The third-order valence-corrected chi connectivity index (χ3v) is 6.69. The minimum atomic E-state index is 0. The fraction of sp³-hybridized carbons (Fsp3) is 0.368. The summed E-state index contributed by atoms with van der Waals surface area (Å²) in [6.45, 7) is 6.69. The molecule has 1 aliphatic heterocycles. The SMILES string of the molecule is Cc1cc(Cl)cc2sc(N(CCN3CCOCC3)C(=O)c3cccs3)nc12.Cl. The Kier molecular flexibility index (Phi) is 7.31. The summed E-state index contributed by atoms with van der Waals surface area (Å²) in [6, 6.07) is 7.60. The van der Waals surface area contributed by atoms with Gasteiger partial charge in [0.1, 0.15) is 0 Å². The van der Waals surface area contributed by atoms with Crippen molar-refractivity contribution in [2.45, 2.75) is 6.92 Å². The van der Waals surface area contributed by atoms with Gasteiger partial charge in [-0.15, -0.1) is 23.7 Å². The van der Waals surface area contributed by atoms with E-state index in [-0.39, 0.29) is 18.3 Å². The first-order valence-corrected chi connectivity index (χ1v) is 10.9. The molecule has 5 nitrogen and oxygen atoms in total. The average molecular weight is 458 g/mol. The van der Waals surface area contributed by atoms with Gasteiger partial charge in [-0.2, -0.15) is 0 Å². The van der Waals surface area contributed by atoms with Crippen molar-refractivity contribution in [3.05, 3.63) is 45.1 Å². The van der Waals surface area contributed by atoms with E-state index in [1.165, 1.54) is 22.7 Å². The van der Waals surface area contributed by atoms with E-state index in [9.17, 15) is 4.79 Å². The van der Waals surface area contributed by atoms with Gasteiger partial charge >= 0.3 is 0 Å². The Bertz CT molecular complexity index is 940. The van der Waals surface area contributed by atoms with Gasteiger partial charge in [-0.05, 0) is 36.1 Å². The zero-order chi connectivity index (χ0) is 18.8. The topological polar surface area (TPSA) is 45.7 Å². The van der Waals surface area contributed by atoms with Crippen molar-refractivity contribution in [1.82, 2.24) is 9.88 Å². The minimum absolute atomic E-state index is 0. The number of ether oxygens (including phenoxy) is 1. The Labute approximate surface area is 183 Å². The lowest BCUT2D eigenvalue weighted by atomic mass is 10.2. The van der Waals surface area contributed by atoms with Crippen LogP contribution in [-0.4, -0.2) is 55.2 Å². The van der Waals surface area contributed by atoms with E-state index >= 15 is 0 Å². The number of fused-ring (bicyclic) bond motifs is 1. The second kappa shape index (κ2) is 9.52. The normalized spacial score (nSPS) is 14.8. The van der Waals surface area contributed by atoms with Gasteiger partial charge < -0.3 is 4.74 Å². The molecular weight excluding hydrogens is 437 g/mol. The molecule has 0 atom stereocenters. The smallest absolute Gasteiger partial charge is 0.270 e. The molecule has 1 saturated heterocycles. The van der Waals surface area contributed by atoms with Gasteiger partial charge in [0.25, 0.3) is 5.91 Å². The molecule has 1 amide bonds. The van der Waals surface area contributed by atoms with Gasteiger partial charge in [0.05, 0.1) is 28.3 Å². The van der Waals surface area contributed by atoms with Gasteiger partial charge in [-0.1, -0.05) is 29.0 Å². The van der Waals surface area contributed by atoms with Gasteiger partial charge in [0, 0.05) is 31.2 Å². The van der Waals surface area contributed by atoms with Crippen LogP contribution in [0.2, 0.25) is 5.02 Å². The number of hydrogen-bond acceptors (Lipinski definition) is 6. The molecule has 0 unspecified atom stereocenters. The predicted molar refractivity (Wildman–Crippen MR) is 120 cm³/mol. The summed E-state index contributed by atoms with van der Waals surface area (Å²) in [5, 5.41) is 3.34. The van der Waals surface area contributed by atoms with Crippen molar-refractivity contribution in [2.75, 3.05) is 44.3 Å². The van der Waals surface area contributed by atoms with Crippen molar-refractivity contribution in [3.8, 4) is 0 Å². The number of amides is 1. The van der Waals surface area contributed by atoms with E-state index in [0.717, 1.165) is 58.6 Å². The van der Waals surface area contributed by atoms with Crippen LogP contribution in [0.4, 0.5) is 5.13 Å². The highest BCUT2D eigenvalue weighted by Gasteiger charge is 2.23. The highest BCUT2D eigenvalue weighted by molar-refractivity contribution is 7.22. The summed E-state index contributed by atoms with van der Waals surface area (Å²) in [4.78, 5) is 22.8. The lowest BCUT2D eigenvalue weighted by Crippen LogP contribution is -2.43. The van der Waals surface area contributed by atoms with E-state index < -0.39 is 0 Å². The minimum Gasteiger partial charge on any atom is -0.379 e. The summed E-state index contributed by atoms with van der Waals surface area (Å²) in [7, 11) is 0. The summed E-state index contributed by atoms with van der Waals surface area (Å²) in [6.07, 6.45) is 0. The number of morpholine rings is 1. The Hall–Kier alpha value is -1.22. The van der Waals surface area contributed by atoms with Crippen LogP contribution in [0, 0.1) is 6.92 Å². The maximum Gasteiger partial charge on any atom is 0.270 e. The number of halogens is 2. The standard InChI is InChI=1S/C19H20ClN3O2S2.ClH/c1-13-11-14(20)12-16-17(13)21-19(27-16)23(18(24)15-3-2-10-26-15)5-4-22-6-8-25-9-7-22;/h2-3,10-12H,4-9H2,1H3;1H. The highest BCUT2D eigenvalue weighted by Crippen LogP contribution is 2.33. The number of carbonyl (C=O) groups excluding carboxylic acids is 1. The lowest BCUT2D eigenvalue weighted by Gasteiger charge is -2.29. The summed E-state index contributed by atoms with van der Waals surface area (Å²) in [5.41, 5.74) is 1.94. The Morgan fingerprint density at radius 1 is 1.36 bits per heavy atom. The van der Waals surface area contributed by atoms with Crippen LogP contribution in [0.25, 0.3) is 10.2 Å². The van der Waals surface area contributed by atoms with Gasteiger partial charge in [0.15, 0.2) is 5.13 Å².